The van der Waals surface area contributed by atoms with Crippen LogP contribution in [0.5, 0.6) is 5.75 Å². The molecule has 0 saturated carbocycles. The van der Waals surface area contributed by atoms with E-state index in [1.165, 1.54) is 7.05 Å². The number of methoxy groups -OCH3 is 1. The van der Waals surface area contributed by atoms with Crippen LogP contribution in [0.15, 0.2) is 24.3 Å². The van der Waals surface area contributed by atoms with Gasteiger partial charge in [0.15, 0.2) is 0 Å². The van der Waals surface area contributed by atoms with Crippen LogP contribution >= 0.6 is 12.4 Å². The van der Waals surface area contributed by atoms with Gasteiger partial charge in [-0.15, -0.1) is 12.4 Å². The second-order valence-corrected chi connectivity index (χ2v) is 5.06. The first kappa shape index (κ1) is 19.2. The van der Waals surface area contributed by atoms with Crippen LogP contribution in [0.25, 0.3) is 0 Å². The van der Waals surface area contributed by atoms with Crippen molar-refractivity contribution in [1.29, 1.82) is 0 Å². The molecule has 0 bridgehead atoms. The summed E-state index contributed by atoms with van der Waals surface area (Å²) in [5, 5.41) is 8.00. The van der Waals surface area contributed by atoms with Gasteiger partial charge in [0, 0.05) is 32.2 Å². The topological polar surface area (TPSA) is 82.7 Å². The lowest BCUT2D eigenvalue weighted by Gasteiger charge is -2.36. The second-order valence-electron chi connectivity index (χ2n) is 5.06. The third kappa shape index (κ3) is 5.09. The van der Waals surface area contributed by atoms with Crippen LogP contribution < -0.4 is 20.7 Å². The Morgan fingerprint density at radius 3 is 2.83 bits per heavy atom. The first-order chi connectivity index (χ1) is 10.7. The van der Waals surface area contributed by atoms with Gasteiger partial charge >= 0.3 is 6.03 Å². The highest BCUT2D eigenvalue weighted by Gasteiger charge is 2.27. The molecule has 1 aliphatic rings. The van der Waals surface area contributed by atoms with E-state index in [0.717, 1.165) is 30.9 Å². The average molecular weight is 343 g/mol. The molecule has 1 aromatic rings. The van der Waals surface area contributed by atoms with Crippen molar-refractivity contribution in [2.24, 2.45) is 0 Å². The van der Waals surface area contributed by atoms with Crippen molar-refractivity contribution < 1.29 is 14.3 Å². The molecular weight excluding hydrogens is 320 g/mol. The quantitative estimate of drug-likeness (QED) is 0.743. The van der Waals surface area contributed by atoms with Crippen LogP contribution in [-0.2, 0) is 4.79 Å². The molecule has 1 atom stereocenters. The van der Waals surface area contributed by atoms with Crippen molar-refractivity contribution in [3.63, 3.8) is 0 Å². The number of carbonyl (C=O) groups excluding carboxylic acids is 2. The number of urea groups is 1. The maximum Gasteiger partial charge on any atom is 0.321 e. The van der Waals surface area contributed by atoms with E-state index in [9.17, 15) is 9.59 Å². The predicted octanol–water partition coefficient (Wildman–Crippen LogP) is 0.519. The number of ether oxygens (including phenoxy) is 1. The van der Waals surface area contributed by atoms with Gasteiger partial charge in [0.2, 0.25) is 5.91 Å². The Bertz CT molecular complexity index is 541. The summed E-state index contributed by atoms with van der Waals surface area (Å²) in [5.41, 5.74) is 1.03. The molecule has 7 nitrogen and oxygen atoms in total. The minimum absolute atomic E-state index is 0. The van der Waals surface area contributed by atoms with Crippen LogP contribution in [-0.4, -0.2) is 57.2 Å². The molecule has 1 aliphatic heterocycles. The fourth-order valence-electron chi connectivity index (χ4n) is 2.60. The molecule has 8 heteroatoms. The number of benzene rings is 1. The van der Waals surface area contributed by atoms with Crippen LogP contribution in [0.3, 0.4) is 0 Å². The number of amides is 3. The first-order valence-electron chi connectivity index (χ1n) is 7.25. The zero-order valence-corrected chi connectivity index (χ0v) is 14.1. The molecule has 2 rings (SSSR count). The number of nitrogens with one attached hydrogen (secondary N) is 3. The Kier molecular flexibility index (Phi) is 7.80. The van der Waals surface area contributed by atoms with Gasteiger partial charge < -0.3 is 15.4 Å². The summed E-state index contributed by atoms with van der Waals surface area (Å²) in [6.07, 6.45) is 0. The minimum Gasteiger partial charge on any atom is -0.496 e. The third-order valence-electron chi connectivity index (χ3n) is 3.68. The van der Waals surface area contributed by atoms with E-state index in [1.807, 2.05) is 29.2 Å². The van der Waals surface area contributed by atoms with Gasteiger partial charge in [0.1, 0.15) is 5.75 Å². The summed E-state index contributed by atoms with van der Waals surface area (Å²) in [5.74, 6) is 0.481. The Morgan fingerprint density at radius 2 is 2.13 bits per heavy atom. The SMILES string of the molecule is CNC(=O)NC(=O)CN1CCNCC1c1ccccc1OC.Cl. The van der Waals surface area contributed by atoms with Crippen molar-refractivity contribution in [2.75, 3.05) is 40.3 Å². The normalized spacial score (nSPS) is 17.7. The lowest BCUT2D eigenvalue weighted by atomic mass is 10.0. The minimum atomic E-state index is -0.492. The summed E-state index contributed by atoms with van der Waals surface area (Å²) in [4.78, 5) is 25.2. The number of imide groups is 1. The molecule has 3 N–H and O–H groups in total. The third-order valence-corrected chi connectivity index (χ3v) is 3.68. The van der Waals surface area contributed by atoms with Gasteiger partial charge in [-0.25, -0.2) is 4.79 Å². The van der Waals surface area contributed by atoms with Gasteiger partial charge in [0.25, 0.3) is 0 Å². The summed E-state index contributed by atoms with van der Waals surface area (Å²) in [6.45, 7) is 2.42. The van der Waals surface area contributed by atoms with E-state index in [-0.39, 0.29) is 30.9 Å². The summed E-state index contributed by atoms with van der Waals surface area (Å²) in [7, 11) is 3.11. The summed E-state index contributed by atoms with van der Waals surface area (Å²) >= 11 is 0. The summed E-state index contributed by atoms with van der Waals surface area (Å²) < 4.78 is 5.41. The van der Waals surface area contributed by atoms with Crippen molar-refractivity contribution >= 4 is 24.3 Å². The van der Waals surface area contributed by atoms with Crippen molar-refractivity contribution in [2.45, 2.75) is 6.04 Å². The molecule has 3 amide bonds. The zero-order chi connectivity index (χ0) is 15.9. The molecule has 1 unspecified atom stereocenters. The highest BCUT2D eigenvalue weighted by Crippen LogP contribution is 2.29. The van der Waals surface area contributed by atoms with Crippen molar-refractivity contribution in [3.05, 3.63) is 29.8 Å². The lowest BCUT2D eigenvalue weighted by molar-refractivity contribution is -0.122. The molecule has 1 saturated heterocycles. The van der Waals surface area contributed by atoms with Crippen LogP contribution in [0.4, 0.5) is 4.79 Å². The number of para-hydroxylation sites is 1. The highest BCUT2D eigenvalue weighted by atomic mass is 35.5. The molecule has 1 heterocycles. The van der Waals surface area contributed by atoms with E-state index in [1.54, 1.807) is 7.11 Å². The van der Waals surface area contributed by atoms with Crippen LogP contribution in [0.2, 0.25) is 0 Å². The Morgan fingerprint density at radius 1 is 1.39 bits per heavy atom. The lowest BCUT2D eigenvalue weighted by Crippen LogP contribution is -2.51. The van der Waals surface area contributed by atoms with E-state index in [4.69, 9.17) is 4.74 Å². The van der Waals surface area contributed by atoms with Crippen molar-refractivity contribution in [3.8, 4) is 5.75 Å². The van der Waals surface area contributed by atoms with Crippen LogP contribution in [0, 0.1) is 0 Å². The van der Waals surface area contributed by atoms with E-state index >= 15 is 0 Å². The van der Waals surface area contributed by atoms with Crippen molar-refractivity contribution in [1.82, 2.24) is 20.9 Å². The Balaban J connectivity index is 0.00000264. The fourth-order valence-corrected chi connectivity index (χ4v) is 2.60. The van der Waals surface area contributed by atoms with Gasteiger partial charge in [-0.3, -0.25) is 15.0 Å². The molecule has 0 aromatic heterocycles. The first-order valence-corrected chi connectivity index (χ1v) is 7.25. The molecule has 1 fully saturated rings. The Labute approximate surface area is 142 Å². The maximum atomic E-state index is 11.9. The van der Waals surface area contributed by atoms with Gasteiger partial charge in [-0.2, -0.15) is 0 Å². The summed E-state index contributed by atoms with van der Waals surface area (Å²) in [6, 6.07) is 7.32. The molecule has 23 heavy (non-hydrogen) atoms. The van der Waals surface area contributed by atoms with E-state index in [0.29, 0.717) is 0 Å². The molecule has 0 aliphatic carbocycles. The number of carbonyl (C=O) groups is 2. The van der Waals surface area contributed by atoms with Gasteiger partial charge in [-0.05, 0) is 6.07 Å². The molecule has 128 valence electrons. The number of piperazine rings is 1. The number of nitrogens with zero attached hydrogens (tertiary/aromatic N) is 1. The van der Waals surface area contributed by atoms with Crippen LogP contribution in [0.1, 0.15) is 11.6 Å². The number of hydrogen-bond acceptors (Lipinski definition) is 5. The molecule has 1 aromatic carbocycles. The average Bonchev–Trinajstić information content (AvgIpc) is 2.55. The fraction of sp³-hybridized carbons (Fsp3) is 0.467. The number of halogens is 1. The smallest absolute Gasteiger partial charge is 0.321 e. The number of hydrogen-bond donors (Lipinski definition) is 3. The monoisotopic (exact) mass is 342 g/mol. The van der Waals surface area contributed by atoms with Gasteiger partial charge in [0.05, 0.1) is 19.7 Å². The van der Waals surface area contributed by atoms with E-state index < -0.39 is 6.03 Å². The largest absolute Gasteiger partial charge is 0.496 e. The standard InChI is InChI=1S/C15H22N4O3.ClH/c1-16-15(21)18-14(20)10-19-8-7-17-9-12(19)11-5-3-4-6-13(11)22-2;/h3-6,12,17H,7-10H2,1-2H3,(H2,16,18,20,21);1H. The maximum absolute atomic E-state index is 11.9. The molecular formula is C15H23ClN4O3. The molecule has 0 radical (unpaired) electrons. The number of rotatable bonds is 4. The Hall–Kier alpha value is -1.83. The molecule has 0 spiro atoms. The second kappa shape index (κ2) is 9.34. The van der Waals surface area contributed by atoms with E-state index in [2.05, 4.69) is 16.0 Å². The zero-order valence-electron chi connectivity index (χ0n) is 13.3. The predicted molar refractivity (Wildman–Crippen MR) is 90.0 cm³/mol. The van der Waals surface area contributed by atoms with Gasteiger partial charge in [-0.1, -0.05) is 18.2 Å². The highest BCUT2D eigenvalue weighted by molar-refractivity contribution is 5.95.